The first-order valence-corrected chi connectivity index (χ1v) is 14.7. The van der Waals surface area contributed by atoms with Crippen molar-refractivity contribution in [2.45, 2.75) is 97.6 Å². The molecule has 0 amide bonds. The zero-order valence-corrected chi connectivity index (χ0v) is 23.4. The van der Waals surface area contributed by atoms with Gasteiger partial charge in [0.05, 0.1) is 12.7 Å². The van der Waals surface area contributed by atoms with E-state index in [1.54, 1.807) is 11.9 Å². The van der Waals surface area contributed by atoms with Gasteiger partial charge in [0.2, 0.25) is 0 Å². The van der Waals surface area contributed by atoms with Crippen molar-refractivity contribution in [1.29, 1.82) is 0 Å². The van der Waals surface area contributed by atoms with Gasteiger partial charge in [-0.15, -0.1) is 0 Å². The second kappa shape index (κ2) is 8.79. The van der Waals surface area contributed by atoms with Crippen LogP contribution in [-0.4, -0.2) is 38.6 Å². The number of methoxy groups -OCH3 is 1. The number of fused-ring (bicyclic) bond motifs is 6. The van der Waals surface area contributed by atoms with E-state index >= 15 is 0 Å². The first-order valence-electron chi connectivity index (χ1n) is 14.7. The molecule has 0 radical (unpaired) electrons. The summed E-state index contributed by atoms with van der Waals surface area (Å²) in [6, 6.07) is 5.68. The quantitative estimate of drug-likeness (QED) is 0.533. The molecule has 0 spiro atoms. The van der Waals surface area contributed by atoms with E-state index in [0.717, 1.165) is 54.8 Å². The maximum absolute atomic E-state index is 14.0. The van der Waals surface area contributed by atoms with Crippen molar-refractivity contribution in [1.82, 2.24) is 15.0 Å². The van der Waals surface area contributed by atoms with Gasteiger partial charge in [0.25, 0.3) is 0 Å². The molecule has 2 aromatic rings. The Kier molecular flexibility index (Phi) is 6.02. The molecule has 6 nitrogen and oxygen atoms in total. The molecular formula is C31H45N3O3. The lowest BCUT2D eigenvalue weighted by atomic mass is 9.44. The van der Waals surface area contributed by atoms with Crippen molar-refractivity contribution in [2.24, 2.45) is 46.3 Å². The molecule has 4 fully saturated rings. The van der Waals surface area contributed by atoms with Gasteiger partial charge in [0.1, 0.15) is 23.3 Å². The molecular weight excluding hydrogens is 462 g/mol. The standard InChI is InChI=1S/C31H45N3O3/c1-6-19-15-24-22-9-7-20-17-29(2,36)13-14-30(20,3)23(22)11-12-31(24,4)28(19)27(35)18-34-32-25-10-8-21(37-5)16-26(25)33-34/h8,10,16,19-20,22-24,28,36H,6-7,9,11-15,17-18H2,1-5H3/t19-,20+,22-,23+,24+,28-,29-,30+,31+/m1/s1. The lowest BCUT2D eigenvalue weighted by molar-refractivity contribution is -0.151. The number of rotatable bonds is 5. The Morgan fingerprint density at radius 1 is 1.05 bits per heavy atom. The number of carbonyl (C=O) groups excluding carboxylic acids is 1. The fourth-order valence-corrected chi connectivity index (χ4v) is 10.0. The number of aliphatic hydroxyl groups is 1. The van der Waals surface area contributed by atoms with Crippen LogP contribution in [0, 0.1) is 46.3 Å². The van der Waals surface area contributed by atoms with Crippen LogP contribution in [-0.2, 0) is 11.3 Å². The summed E-state index contributed by atoms with van der Waals surface area (Å²) in [6.45, 7) is 9.57. The van der Waals surface area contributed by atoms with Crippen LogP contribution in [0.15, 0.2) is 18.2 Å². The highest BCUT2D eigenvalue weighted by molar-refractivity contribution is 5.83. The van der Waals surface area contributed by atoms with Crippen LogP contribution in [0.1, 0.15) is 85.5 Å². The van der Waals surface area contributed by atoms with Gasteiger partial charge < -0.3 is 9.84 Å². The molecule has 6 heteroatoms. The Morgan fingerprint density at radius 2 is 1.84 bits per heavy atom. The lowest BCUT2D eigenvalue weighted by Crippen LogP contribution is -2.55. The lowest BCUT2D eigenvalue weighted by Gasteiger charge is -2.61. The van der Waals surface area contributed by atoms with Gasteiger partial charge in [-0.05, 0) is 111 Å². The highest BCUT2D eigenvalue weighted by Gasteiger charge is 2.63. The minimum absolute atomic E-state index is 0.0675. The van der Waals surface area contributed by atoms with Crippen molar-refractivity contribution in [3.63, 3.8) is 0 Å². The van der Waals surface area contributed by atoms with E-state index in [4.69, 9.17) is 4.74 Å². The summed E-state index contributed by atoms with van der Waals surface area (Å²) in [5, 5.41) is 20.1. The van der Waals surface area contributed by atoms with Crippen molar-refractivity contribution < 1.29 is 14.6 Å². The highest BCUT2D eigenvalue weighted by Crippen LogP contribution is 2.69. The summed E-state index contributed by atoms with van der Waals surface area (Å²) in [4.78, 5) is 15.6. The number of nitrogens with zero attached hydrogens (tertiary/aromatic N) is 3. The minimum Gasteiger partial charge on any atom is -0.497 e. The molecule has 4 aliphatic rings. The molecule has 1 aromatic heterocycles. The van der Waals surface area contributed by atoms with Gasteiger partial charge in [-0.25, -0.2) is 0 Å². The maximum atomic E-state index is 14.0. The fraction of sp³-hybridized carbons (Fsp3) is 0.774. The third kappa shape index (κ3) is 3.95. The number of Topliss-reactive ketones (excluding diaryl/α,β-unsaturated/α-hetero) is 1. The largest absolute Gasteiger partial charge is 0.497 e. The predicted molar refractivity (Wildman–Crippen MR) is 144 cm³/mol. The van der Waals surface area contributed by atoms with Crippen molar-refractivity contribution in [2.75, 3.05) is 7.11 Å². The summed E-state index contributed by atoms with van der Waals surface area (Å²) in [5.41, 5.74) is 1.49. The molecule has 4 saturated carbocycles. The van der Waals surface area contributed by atoms with Crippen molar-refractivity contribution >= 4 is 16.8 Å². The Morgan fingerprint density at radius 3 is 2.59 bits per heavy atom. The van der Waals surface area contributed by atoms with Crippen LogP contribution < -0.4 is 4.74 Å². The SMILES string of the molecule is CC[C@@H]1C[C@H]2[C@@H]3CC[C@H]4C[C@](C)(O)CC[C@]4(C)[C@H]3CC[C@]2(C)[C@H]1C(=O)Cn1nc2ccc(OC)cc2n1. The van der Waals surface area contributed by atoms with Gasteiger partial charge in [-0.2, -0.15) is 15.0 Å². The molecule has 6 rings (SSSR count). The summed E-state index contributed by atoms with van der Waals surface area (Å²) in [7, 11) is 1.65. The van der Waals surface area contributed by atoms with E-state index in [9.17, 15) is 9.90 Å². The Bertz CT molecular complexity index is 1190. The molecule has 4 aliphatic carbocycles. The second-order valence-electron chi connectivity index (χ2n) is 13.8. The Balaban J connectivity index is 1.24. The average molecular weight is 508 g/mol. The second-order valence-corrected chi connectivity index (χ2v) is 13.8. The number of benzene rings is 1. The number of ether oxygens (including phenoxy) is 1. The fourth-order valence-electron chi connectivity index (χ4n) is 10.0. The number of hydrogen-bond acceptors (Lipinski definition) is 5. The number of carbonyl (C=O) groups is 1. The summed E-state index contributed by atoms with van der Waals surface area (Å²) in [6.07, 6.45) is 10.2. The van der Waals surface area contributed by atoms with Gasteiger partial charge in [0.15, 0.2) is 5.78 Å². The number of hydrogen-bond donors (Lipinski definition) is 1. The summed E-state index contributed by atoms with van der Waals surface area (Å²) in [5.74, 6) is 4.32. The molecule has 1 N–H and O–H groups in total. The van der Waals surface area contributed by atoms with Crippen LogP contribution in [0.25, 0.3) is 11.0 Å². The predicted octanol–water partition coefficient (Wildman–Crippen LogP) is 6.06. The topological polar surface area (TPSA) is 77.2 Å². The molecule has 1 heterocycles. The van der Waals surface area contributed by atoms with E-state index in [0.29, 0.717) is 34.9 Å². The first-order chi connectivity index (χ1) is 17.6. The molecule has 0 aliphatic heterocycles. The normalized spacial score (nSPS) is 43.2. The zero-order valence-electron chi connectivity index (χ0n) is 23.4. The minimum atomic E-state index is -0.491. The molecule has 202 valence electrons. The van der Waals surface area contributed by atoms with Crippen LogP contribution in [0.4, 0.5) is 0 Å². The molecule has 9 atom stereocenters. The zero-order chi connectivity index (χ0) is 26.2. The number of aromatic nitrogens is 3. The molecule has 0 bridgehead atoms. The molecule has 0 unspecified atom stereocenters. The van der Waals surface area contributed by atoms with Gasteiger partial charge in [-0.3, -0.25) is 4.79 Å². The van der Waals surface area contributed by atoms with E-state index in [1.807, 2.05) is 25.1 Å². The van der Waals surface area contributed by atoms with Crippen LogP contribution in [0.5, 0.6) is 5.75 Å². The van der Waals surface area contributed by atoms with E-state index in [-0.39, 0.29) is 17.9 Å². The van der Waals surface area contributed by atoms with Gasteiger partial charge >= 0.3 is 0 Å². The molecule has 0 saturated heterocycles. The van der Waals surface area contributed by atoms with Crippen molar-refractivity contribution in [3.8, 4) is 5.75 Å². The summed E-state index contributed by atoms with van der Waals surface area (Å²) >= 11 is 0. The van der Waals surface area contributed by atoms with E-state index in [1.165, 1.54) is 25.7 Å². The number of ketones is 1. The van der Waals surface area contributed by atoms with E-state index < -0.39 is 5.60 Å². The first kappa shape index (κ1) is 25.3. The highest BCUT2D eigenvalue weighted by atomic mass is 16.5. The third-order valence-corrected chi connectivity index (χ3v) is 11.9. The maximum Gasteiger partial charge on any atom is 0.160 e. The molecule has 1 aromatic carbocycles. The monoisotopic (exact) mass is 507 g/mol. The Labute approximate surface area is 221 Å². The average Bonchev–Trinajstić information content (AvgIpc) is 3.40. The van der Waals surface area contributed by atoms with Crippen LogP contribution >= 0.6 is 0 Å². The van der Waals surface area contributed by atoms with E-state index in [2.05, 4.69) is 31.0 Å². The molecule has 37 heavy (non-hydrogen) atoms. The van der Waals surface area contributed by atoms with Gasteiger partial charge in [-0.1, -0.05) is 27.2 Å². The Hall–Kier alpha value is -1.95. The van der Waals surface area contributed by atoms with Crippen LogP contribution in [0.2, 0.25) is 0 Å². The van der Waals surface area contributed by atoms with Crippen molar-refractivity contribution in [3.05, 3.63) is 18.2 Å². The summed E-state index contributed by atoms with van der Waals surface area (Å²) < 4.78 is 5.33. The third-order valence-electron chi connectivity index (χ3n) is 11.9. The smallest absolute Gasteiger partial charge is 0.160 e. The van der Waals surface area contributed by atoms with Gasteiger partial charge in [0, 0.05) is 12.0 Å². The van der Waals surface area contributed by atoms with Crippen LogP contribution in [0.3, 0.4) is 0 Å².